The molecule has 0 bridgehead atoms. The maximum Gasteiger partial charge on any atom is 0.472 e. The van der Waals surface area contributed by atoms with E-state index in [0.717, 1.165) is 180 Å². The Hall–Kier alpha value is -4.02. The minimum absolute atomic E-state index is 0.0818. The number of phosphoric acid groups is 2. The molecule has 0 aliphatic rings. The largest absolute Gasteiger partial charge is 0.472 e. The van der Waals surface area contributed by atoms with Gasteiger partial charge in [0.2, 0.25) is 0 Å². The lowest BCUT2D eigenvalue weighted by atomic mass is 10.0. The Morgan fingerprint density at radius 3 is 0.804 bits per heavy atom. The van der Waals surface area contributed by atoms with Crippen LogP contribution in [0, 0.1) is 0 Å². The summed E-state index contributed by atoms with van der Waals surface area (Å²) >= 11 is 0. The summed E-state index contributed by atoms with van der Waals surface area (Å²) in [7, 11) is -9.96. The minimum atomic E-state index is -4.98. The third kappa shape index (κ3) is 74.3. The molecule has 17 nitrogen and oxygen atoms in total. The second-order valence-corrected chi connectivity index (χ2v) is 29.9. The molecule has 0 aromatic heterocycles. The number of rotatable bonds is 76. The summed E-state index contributed by atoms with van der Waals surface area (Å²) in [4.78, 5) is 73.0. The number of aliphatic hydroxyl groups excluding tert-OH is 1. The van der Waals surface area contributed by atoms with Gasteiger partial charge < -0.3 is 33.8 Å². The Kier molecular flexibility index (Phi) is 72.3. The van der Waals surface area contributed by atoms with Gasteiger partial charge in [-0.25, -0.2) is 9.13 Å². The van der Waals surface area contributed by atoms with Crippen LogP contribution in [0.15, 0.2) is 97.2 Å². The van der Waals surface area contributed by atoms with Crippen LogP contribution in [-0.2, 0) is 65.4 Å². The van der Waals surface area contributed by atoms with Gasteiger partial charge in [0, 0.05) is 25.7 Å². The van der Waals surface area contributed by atoms with E-state index < -0.39 is 97.5 Å². The molecule has 19 heteroatoms. The SMILES string of the molecule is CC/C=C\C/C=C\C/C=C\C/C=C\CCCCCCCCC(=O)OCC(COP(=O)(O)OCC(O)COP(=O)(O)OCC(COC(=O)CCCCCCC/C=C\C/C=C\C/C=C\CC)OC(=O)CCCCCCC/C=C\CCCCCC)OC(=O)CCCCCCCCCCCCCCCCC. The average molecular weight is 1480 g/mol. The predicted molar refractivity (Wildman–Crippen MR) is 418 cm³/mol. The van der Waals surface area contributed by atoms with Crippen molar-refractivity contribution in [1.29, 1.82) is 0 Å². The van der Waals surface area contributed by atoms with Crippen molar-refractivity contribution in [2.75, 3.05) is 39.6 Å². The number of esters is 4. The summed E-state index contributed by atoms with van der Waals surface area (Å²) < 4.78 is 68.6. The average Bonchev–Trinajstić information content (AvgIpc) is 0.924. The van der Waals surface area contributed by atoms with Gasteiger partial charge in [0.1, 0.15) is 19.3 Å². The van der Waals surface area contributed by atoms with Crippen molar-refractivity contribution in [3.8, 4) is 0 Å². The van der Waals surface area contributed by atoms with E-state index in [-0.39, 0.29) is 25.7 Å². The highest BCUT2D eigenvalue weighted by Gasteiger charge is 2.30. The van der Waals surface area contributed by atoms with Crippen molar-refractivity contribution in [2.24, 2.45) is 0 Å². The molecule has 5 unspecified atom stereocenters. The summed E-state index contributed by atoms with van der Waals surface area (Å²) in [5, 5.41) is 10.6. The van der Waals surface area contributed by atoms with Crippen molar-refractivity contribution in [2.45, 2.75) is 367 Å². The van der Waals surface area contributed by atoms with Crippen LogP contribution >= 0.6 is 15.6 Å². The predicted octanol–water partition coefficient (Wildman–Crippen LogP) is 23.6. The second kappa shape index (κ2) is 75.2. The van der Waals surface area contributed by atoms with Crippen LogP contribution in [0.1, 0.15) is 349 Å². The molecule has 0 aliphatic heterocycles. The lowest BCUT2D eigenvalue weighted by Gasteiger charge is -2.21. The number of aliphatic hydroxyl groups is 1. The van der Waals surface area contributed by atoms with Crippen molar-refractivity contribution >= 4 is 39.5 Å². The van der Waals surface area contributed by atoms with E-state index >= 15 is 0 Å². The Labute approximate surface area is 620 Å². The molecular weight excluding hydrogens is 1330 g/mol. The minimum Gasteiger partial charge on any atom is -0.462 e. The fourth-order valence-corrected chi connectivity index (χ4v) is 12.5. The molecule has 0 radical (unpaired) electrons. The summed E-state index contributed by atoms with van der Waals surface area (Å²) in [6, 6.07) is 0. The molecule has 0 rings (SSSR count). The molecule has 0 aromatic carbocycles. The van der Waals surface area contributed by atoms with Crippen LogP contribution in [0.3, 0.4) is 0 Å². The first-order valence-corrected chi connectivity index (χ1v) is 43.5. The van der Waals surface area contributed by atoms with E-state index in [9.17, 15) is 43.2 Å². The molecule has 0 fully saturated rings. The van der Waals surface area contributed by atoms with Gasteiger partial charge in [0.05, 0.1) is 26.4 Å². The van der Waals surface area contributed by atoms with Crippen LogP contribution in [0.25, 0.3) is 0 Å². The number of ether oxygens (including phenoxy) is 4. The number of carbonyl (C=O) groups is 4. The van der Waals surface area contributed by atoms with Gasteiger partial charge in [-0.3, -0.25) is 37.3 Å². The highest BCUT2D eigenvalue weighted by molar-refractivity contribution is 7.47. The fraction of sp³-hybridized carbons (Fsp3) is 0.759. The zero-order valence-electron chi connectivity index (χ0n) is 64.5. The zero-order valence-corrected chi connectivity index (χ0v) is 66.3. The third-order valence-electron chi connectivity index (χ3n) is 17.0. The lowest BCUT2D eigenvalue weighted by Crippen LogP contribution is -2.30. The third-order valence-corrected chi connectivity index (χ3v) is 18.9. The quantitative estimate of drug-likeness (QED) is 0.0169. The molecule has 0 aromatic rings. The van der Waals surface area contributed by atoms with E-state index in [1.165, 1.54) is 89.9 Å². The first-order valence-electron chi connectivity index (χ1n) is 40.5. The molecule has 0 amide bonds. The number of phosphoric ester groups is 2. The second-order valence-electron chi connectivity index (χ2n) is 27.0. The van der Waals surface area contributed by atoms with Gasteiger partial charge in [-0.05, 0) is 122 Å². The molecule has 0 aliphatic carbocycles. The first-order chi connectivity index (χ1) is 49.7. The maximum atomic E-state index is 13.1. The van der Waals surface area contributed by atoms with E-state index in [2.05, 4.69) is 125 Å². The lowest BCUT2D eigenvalue weighted by molar-refractivity contribution is -0.161. The van der Waals surface area contributed by atoms with E-state index in [0.29, 0.717) is 25.7 Å². The number of unbranched alkanes of at least 4 members (excludes halogenated alkanes) is 34. The Morgan fingerprint density at radius 1 is 0.284 bits per heavy atom. The molecule has 5 atom stereocenters. The molecule has 0 spiro atoms. The van der Waals surface area contributed by atoms with Crippen LogP contribution in [0.5, 0.6) is 0 Å². The normalized spacial score (nSPS) is 14.4. The Morgan fingerprint density at radius 2 is 0.510 bits per heavy atom. The smallest absolute Gasteiger partial charge is 0.462 e. The Balaban J connectivity index is 5.35. The van der Waals surface area contributed by atoms with E-state index in [1.807, 2.05) is 0 Å². The van der Waals surface area contributed by atoms with Crippen molar-refractivity contribution in [1.82, 2.24) is 0 Å². The monoisotopic (exact) mass is 1480 g/mol. The van der Waals surface area contributed by atoms with Crippen molar-refractivity contribution in [3.05, 3.63) is 97.2 Å². The maximum absolute atomic E-state index is 13.1. The van der Waals surface area contributed by atoms with E-state index in [4.69, 9.17) is 37.0 Å². The highest BCUT2D eigenvalue weighted by Crippen LogP contribution is 2.45. The number of hydrogen-bond donors (Lipinski definition) is 3. The standard InChI is InChI=1S/C83H146O17P2/c1-5-9-13-17-21-25-29-33-36-37-38-39-42-45-48-52-56-60-64-68-81(86)94-74-79(100-83(88)70-66-62-58-54-50-46-41-35-31-27-23-19-15-11-7-3)76-98-102(91,92)96-72-77(84)71-95-101(89,90)97-75-78(99-82(87)69-65-61-57-53-49-43-32-28-24-20-16-12-8-4)73-93-80(85)67-63-59-55-51-47-44-40-34-30-26-22-18-14-10-6-2/h9-10,13-14,21-22,25-26,28,32-34,36,38-40,77-79,84H,5-8,11-12,15-20,23-24,27,29-31,35,37,41-76H2,1-4H3,(H,89,90)(H,91,92)/b13-9-,14-10-,25-21-,26-22-,32-28-,36-33-,39-38-,40-34-. The van der Waals surface area contributed by atoms with Crippen molar-refractivity contribution in [3.63, 3.8) is 0 Å². The zero-order chi connectivity index (χ0) is 74.6. The van der Waals surface area contributed by atoms with Gasteiger partial charge in [0.15, 0.2) is 12.2 Å². The summed E-state index contributed by atoms with van der Waals surface area (Å²) in [6.07, 6.45) is 79.5. The fourth-order valence-electron chi connectivity index (χ4n) is 10.9. The van der Waals surface area contributed by atoms with Crippen LogP contribution in [0.2, 0.25) is 0 Å². The van der Waals surface area contributed by atoms with Gasteiger partial charge in [-0.15, -0.1) is 0 Å². The highest BCUT2D eigenvalue weighted by atomic mass is 31.2. The summed E-state index contributed by atoms with van der Waals surface area (Å²) in [5.41, 5.74) is 0. The van der Waals surface area contributed by atoms with Crippen LogP contribution in [0.4, 0.5) is 0 Å². The number of allylic oxidation sites excluding steroid dienone is 16. The van der Waals surface area contributed by atoms with Gasteiger partial charge >= 0.3 is 39.5 Å². The van der Waals surface area contributed by atoms with Gasteiger partial charge in [-0.2, -0.15) is 0 Å². The number of carbonyl (C=O) groups excluding carboxylic acids is 4. The molecule has 590 valence electrons. The molecule has 0 saturated heterocycles. The van der Waals surface area contributed by atoms with Gasteiger partial charge in [0.25, 0.3) is 0 Å². The summed E-state index contributed by atoms with van der Waals surface area (Å²) in [6.45, 7) is 4.64. The molecule has 102 heavy (non-hydrogen) atoms. The number of hydrogen-bond acceptors (Lipinski definition) is 15. The van der Waals surface area contributed by atoms with E-state index in [1.54, 1.807) is 0 Å². The molecular formula is C83H146O17P2. The molecule has 0 heterocycles. The Bertz CT molecular complexity index is 2310. The first kappa shape index (κ1) is 98.0. The van der Waals surface area contributed by atoms with Crippen LogP contribution in [-0.4, -0.2) is 96.7 Å². The molecule has 3 N–H and O–H groups in total. The summed E-state index contributed by atoms with van der Waals surface area (Å²) in [5.74, 6) is -2.20. The van der Waals surface area contributed by atoms with Crippen molar-refractivity contribution < 1.29 is 80.2 Å². The topological polar surface area (TPSA) is 237 Å². The van der Waals surface area contributed by atoms with Gasteiger partial charge in [-0.1, -0.05) is 298 Å². The van der Waals surface area contributed by atoms with Crippen LogP contribution < -0.4 is 0 Å². The molecule has 0 saturated carbocycles.